The summed E-state index contributed by atoms with van der Waals surface area (Å²) in [4.78, 5) is 34.2. The van der Waals surface area contributed by atoms with Crippen LogP contribution in [0.5, 0.6) is 0 Å². The molecule has 0 aliphatic carbocycles. The number of anilines is 1. The van der Waals surface area contributed by atoms with E-state index in [0.29, 0.717) is 23.4 Å². The lowest BCUT2D eigenvalue weighted by Gasteiger charge is -2.07. The third-order valence-corrected chi connectivity index (χ3v) is 3.61. The lowest BCUT2D eigenvalue weighted by molar-refractivity contribution is -0.135. The maximum Gasteiger partial charge on any atom is 0.322 e. The number of hydrogen-bond donors (Lipinski definition) is 3. The molecule has 0 bridgehead atoms. The summed E-state index contributed by atoms with van der Waals surface area (Å²) in [6, 6.07) is 6.20. The minimum absolute atomic E-state index is 0.164. The highest BCUT2D eigenvalue weighted by atomic mass is 16.5. The summed E-state index contributed by atoms with van der Waals surface area (Å²) in [6.45, 7) is 3.19. The van der Waals surface area contributed by atoms with E-state index >= 15 is 0 Å². The molecule has 0 atom stereocenters. The number of aliphatic carboxylic acids is 1. The summed E-state index contributed by atoms with van der Waals surface area (Å²) in [6.07, 6.45) is 0.812. The van der Waals surface area contributed by atoms with Gasteiger partial charge in [0.15, 0.2) is 0 Å². The molecule has 25 heavy (non-hydrogen) atoms. The number of aryl methyl sites for hydroxylation is 2. The van der Waals surface area contributed by atoms with Crippen LogP contribution in [0, 0.1) is 13.8 Å². The number of amides is 2. The smallest absolute Gasteiger partial charge is 0.322 e. The third kappa shape index (κ3) is 5.17. The van der Waals surface area contributed by atoms with E-state index < -0.39 is 18.4 Å². The summed E-state index contributed by atoms with van der Waals surface area (Å²) in [5.74, 6) is -1.06. The average molecular weight is 345 g/mol. The van der Waals surface area contributed by atoms with E-state index in [1.165, 1.54) is 12.1 Å². The summed E-state index contributed by atoms with van der Waals surface area (Å²) in [5, 5.41) is 17.4. The number of carboxylic acid groups (broad SMARTS) is 1. The van der Waals surface area contributed by atoms with Crippen molar-refractivity contribution in [2.45, 2.75) is 26.7 Å². The minimum Gasteiger partial charge on any atom is -0.480 e. The zero-order chi connectivity index (χ0) is 18.4. The monoisotopic (exact) mass is 345 g/mol. The number of aromatic nitrogens is 1. The van der Waals surface area contributed by atoms with E-state index in [9.17, 15) is 14.4 Å². The number of nitrogens with zero attached hydrogens (tertiary/aromatic N) is 1. The second-order valence-electron chi connectivity index (χ2n) is 5.50. The van der Waals surface area contributed by atoms with Crippen molar-refractivity contribution in [1.29, 1.82) is 0 Å². The van der Waals surface area contributed by atoms with E-state index in [1.807, 2.05) is 6.92 Å². The molecule has 1 aromatic heterocycles. The number of hydrogen-bond acceptors (Lipinski definition) is 5. The van der Waals surface area contributed by atoms with Crippen molar-refractivity contribution in [2.75, 3.05) is 11.9 Å². The van der Waals surface area contributed by atoms with Crippen LogP contribution in [-0.4, -0.2) is 34.6 Å². The molecule has 2 rings (SSSR count). The highest BCUT2D eigenvalue weighted by molar-refractivity contribution is 5.97. The molecule has 0 unspecified atom stereocenters. The van der Waals surface area contributed by atoms with Crippen LogP contribution in [0.2, 0.25) is 0 Å². The molecule has 0 aliphatic rings. The molecule has 8 heteroatoms. The molecule has 0 fully saturated rings. The largest absolute Gasteiger partial charge is 0.480 e. The molecule has 0 spiro atoms. The topological polar surface area (TPSA) is 122 Å². The van der Waals surface area contributed by atoms with Crippen LogP contribution in [-0.2, 0) is 16.0 Å². The Morgan fingerprint density at radius 2 is 1.84 bits per heavy atom. The zero-order valence-electron chi connectivity index (χ0n) is 14.0. The number of carbonyl (C=O) groups excluding carboxylic acids is 2. The first-order chi connectivity index (χ1) is 11.9. The molecule has 8 nitrogen and oxygen atoms in total. The van der Waals surface area contributed by atoms with Gasteiger partial charge in [0.25, 0.3) is 5.91 Å². The van der Waals surface area contributed by atoms with Gasteiger partial charge in [0.05, 0.1) is 5.69 Å². The van der Waals surface area contributed by atoms with Gasteiger partial charge in [-0.1, -0.05) is 5.16 Å². The number of carbonyl (C=O) groups is 3. The molecule has 132 valence electrons. The fraction of sp³-hybridized carbons (Fsp3) is 0.294. The standard InChI is InChI=1S/C17H19N3O5/c1-10-14(11(2)25-20-10)7-8-15(21)19-13-5-3-12(4-6-13)17(24)18-9-16(22)23/h3-6H,7-9H2,1-2H3,(H,18,24)(H,19,21)(H,22,23). The van der Waals surface area contributed by atoms with Crippen LogP contribution in [0.15, 0.2) is 28.8 Å². The lowest BCUT2D eigenvalue weighted by atomic mass is 10.1. The third-order valence-electron chi connectivity index (χ3n) is 3.61. The van der Waals surface area contributed by atoms with E-state index in [4.69, 9.17) is 9.63 Å². The van der Waals surface area contributed by atoms with Crippen LogP contribution in [0.4, 0.5) is 5.69 Å². The van der Waals surface area contributed by atoms with Crippen molar-refractivity contribution < 1.29 is 24.0 Å². The van der Waals surface area contributed by atoms with Crippen molar-refractivity contribution in [3.8, 4) is 0 Å². The molecule has 0 aliphatic heterocycles. The van der Waals surface area contributed by atoms with Crippen molar-refractivity contribution in [3.63, 3.8) is 0 Å². The van der Waals surface area contributed by atoms with Gasteiger partial charge in [0.1, 0.15) is 12.3 Å². The SMILES string of the molecule is Cc1noc(C)c1CCC(=O)Nc1ccc(C(=O)NCC(=O)O)cc1. The van der Waals surface area contributed by atoms with Crippen molar-refractivity contribution in [2.24, 2.45) is 0 Å². The normalized spacial score (nSPS) is 10.3. The first-order valence-corrected chi connectivity index (χ1v) is 7.68. The first-order valence-electron chi connectivity index (χ1n) is 7.68. The van der Waals surface area contributed by atoms with Gasteiger partial charge in [-0.3, -0.25) is 14.4 Å². The van der Waals surface area contributed by atoms with E-state index in [-0.39, 0.29) is 12.3 Å². The Balaban J connectivity index is 1.87. The fourth-order valence-electron chi connectivity index (χ4n) is 2.28. The van der Waals surface area contributed by atoms with Crippen LogP contribution in [0.3, 0.4) is 0 Å². The second-order valence-corrected chi connectivity index (χ2v) is 5.50. The molecular formula is C17H19N3O5. The van der Waals surface area contributed by atoms with Crippen LogP contribution in [0.1, 0.15) is 33.8 Å². The van der Waals surface area contributed by atoms with Crippen molar-refractivity contribution in [1.82, 2.24) is 10.5 Å². The fourth-order valence-corrected chi connectivity index (χ4v) is 2.28. The van der Waals surface area contributed by atoms with Crippen molar-refractivity contribution >= 4 is 23.5 Å². The van der Waals surface area contributed by atoms with Crippen molar-refractivity contribution in [3.05, 3.63) is 46.8 Å². The Hall–Kier alpha value is -3.16. The predicted octanol–water partition coefficient (Wildman–Crippen LogP) is 1.68. The maximum atomic E-state index is 12.0. The van der Waals surface area contributed by atoms with Crippen LogP contribution >= 0.6 is 0 Å². The van der Waals surface area contributed by atoms with E-state index in [2.05, 4.69) is 15.8 Å². The molecule has 1 heterocycles. The molecule has 0 saturated heterocycles. The summed E-state index contributed by atoms with van der Waals surface area (Å²) in [7, 11) is 0. The Morgan fingerprint density at radius 3 is 2.40 bits per heavy atom. The van der Waals surface area contributed by atoms with Crippen LogP contribution in [0.25, 0.3) is 0 Å². The Labute approximate surface area is 144 Å². The molecular weight excluding hydrogens is 326 g/mol. The van der Waals surface area contributed by atoms with Gasteiger partial charge >= 0.3 is 5.97 Å². The lowest BCUT2D eigenvalue weighted by Crippen LogP contribution is -2.29. The highest BCUT2D eigenvalue weighted by Crippen LogP contribution is 2.15. The Kier molecular flexibility index (Phi) is 5.89. The summed E-state index contributed by atoms with van der Waals surface area (Å²) < 4.78 is 5.06. The molecule has 0 saturated carbocycles. The Bertz CT molecular complexity index is 761. The van der Waals surface area contributed by atoms with Gasteiger partial charge in [-0.05, 0) is 44.5 Å². The quantitative estimate of drug-likeness (QED) is 0.702. The van der Waals surface area contributed by atoms with Gasteiger partial charge in [-0.25, -0.2) is 0 Å². The maximum absolute atomic E-state index is 12.0. The van der Waals surface area contributed by atoms with Gasteiger partial charge in [0, 0.05) is 23.2 Å². The Morgan fingerprint density at radius 1 is 1.16 bits per heavy atom. The number of carboxylic acids is 1. The highest BCUT2D eigenvalue weighted by Gasteiger charge is 2.12. The molecule has 3 N–H and O–H groups in total. The van der Waals surface area contributed by atoms with Gasteiger partial charge < -0.3 is 20.3 Å². The van der Waals surface area contributed by atoms with E-state index in [1.54, 1.807) is 19.1 Å². The van der Waals surface area contributed by atoms with Crippen LogP contribution < -0.4 is 10.6 Å². The summed E-state index contributed by atoms with van der Waals surface area (Å²) in [5.41, 5.74) is 2.58. The average Bonchev–Trinajstić information content (AvgIpc) is 2.89. The molecule has 2 amide bonds. The van der Waals surface area contributed by atoms with Gasteiger partial charge in [-0.15, -0.1) is 0 Å². The predicted molar refractivity (Wildman–Crippen MR) is 89.3 cm³/mol. The number of rotatable bonds is 7. The molecule has 2 aromatic rings. The van der Waals surface area contributed by atoms with E-state index in [0.717, 1.165) is 11.3 Å². The van der Waals surface area contributed by atoms with Gasteiger partial charge in [0.2, 0.25) is 5.91 Å². The minimum atomic E-state index is -1.12. The van der Waals surface area contributed by atoms with Gasteiger partial charge in [-0.2, -0.15) is 0 Å². The first kappa shape index (κ1) is 18.2. The second kappa shape index (κ2) is 8.09. The zero-order valence-corrected chi connectivity index (χ0v) is 14.0. The molecule has 1 aromatic carbocycles. The number of nitrogens with one attached hydrogen (secondary N) is 2. The number of benzene rings is 1. The summed E-state index contributed by atoms with van der Waals surface area (Å²) >= 11 is 0. The molecule has 0 radical (unpaired) electrons.